The summed E-state index contributed by atoms with van der Waals surface area (Å²) in [5, 5.41) is 6.45. The number of piperidine rings is 1. The molecule has 7 heteroatoms. The number of thioether (sulfide) groups is 1. The van der Waals surface area contributed by atoms with E-state index >= 15 is 0 Å². The van der Waals surface area contributed by atoms with Crippen LogP contribution in [0.2, 0.25) is 5.02 Å². The number of benzene rings is 2. The van der Waals surface area contributed by atoms with Gasteiger partial charge in [-0.05, 0) is 49.4 Å². The molecule has 2 aromatic carbocycles. The number of hydrogen-bond acceptors (Lipinski definition) is 4. The molecule has 0 spiro atoms. The molecule has 148 valence electrons. The van der Waals surface area contributed by atoms with Crippen LogP contribution < -0.4 is 10.6 Å². The monoisotopic (exact) mass is 417 g/mol. The first-order valence-electron chi connectivity index (χ1n) is 9.27. The summed E-state index contributed by atoms with van der Waals surface area (Å²) in [7, 11) is 0. The fourth-order valence-electron chi connectivity index (χ4n) is 3.23. The highest BCUT2D eigenvalue weighted by molar-refractivity contribution is 7.98. The van der Waals surface area contributed by atoms with Crippen molar-refractivity contribution in [3.05, 3.63) is 59.1 Å². The van der Waals surface area contributed by atoms with E-state index in [1.165, 1.54) is 0 Å². The molecular formula is C21H24ClN3O2S. The quantitative estimate of drug-likeness (QED) is 0.700. The van der Waals surface area contributed by atoms with Crippen LogP contribution in [0, 0.1) is 0 Å². The van der Waals surface area contributed by atoms with Gasteiger partial charge in [-0.1, -0.05) is 29.8 Å². The van der Waals surface area contributed by atoms with Crippen LogP contribution in [-0.4, -0.2) is 48.6 Å². The van der Waals surface area contributed by atoms with Gasteiger partial charge in [-0.15, -0.1) is 11.8 Å². The van der Waals surface area contributed by atoms with Crippen molar-refractivity contribution in [1.82, 2.24) is 10.2 Å². The van der Waals surface area contributed by atoms with E-state index in [1.807, 2.05) is 48.7 Å². The minimum absolute atomic E-state index is 0.0191. The highest BCUT2D eigenvalue weighted by atomic mass is 35.5. The topological polar surface area (TPSA) is 61.4 Å². The second-order valence-corrected chi connectivity index (χ2v) is 8.07. The minimum Gasteiger partial charge on any atom is -0.349 e. The molecule has 0 radical (unpaired) electrons. The predicted octanol–water partition coefficient (Wildman–Crippen LogP) is 3.89. The van der Waals surface area contributed by atoms with E-state index in [0.29, 0.717) is 17.1 Å². The average molecular weight is 418 g/mol. The number of halogens is 1. The molecule has 1 heterocycles. The second kappa shape index (κ2) is 9.96. The number of amides is 2. The zero-order valence-corrected chi connectivity index (χ0v) is 17.4. The molecule has 0 aromatic heterocycles. The molecule has 1 fully saturated rings. The van der Waals surface area contributed by atoms with Crippen molar-refractivity contribution in [2.45, 2.75) is 23.8 Å². The molecule has 0 bridgehead atoms. The Balaban J connectivity index is 1.46. The SMILES string of the molecule is CSc1ccc(Cl)c(C(=O)NC2CCN(CC(=O)Nc3ccccc3)CC2)c1. The number of nitrogens with one attached hydrogen (secondary N) is 2. The fourth-order valence-corrected chi connectivity index (χ4v) is 3.87. The molecule has 0 saturated carbocycles. The van der Waals surface area contributed by atoms with Crippen LogP contribution in [0.5, 0.6) is 0 Å². The number of nitrogens with zero attached hydrogens (tertiary/aromatic N) is 1. The van der Waals surface area contributed by atoms with E-state index in [1.54, 1.807) is 17.8 Å². The molecular weight excluding hydrogens is 394 g/mol. The predicted molar refractivity (Wildman–Crippen MR) is 115 cm³/mol. The largest absolute Gasteiger partial charge is 0.349 e. The lowest BCUT2D eigenvalue weighted by molar-refractivity contribution is -0.117. The van der Waals surface area contributed by atoms with Gasteiger partial charge in [-0.2, -0.15) is 0 Å². The first-order valence-corrected chi connectivity index (χ1v) is 10.9. The summed E-state index contributed by atoms with van der Waals surface area (Å²) in [6.07, 6.45) is 3.59. The highest BCUT2D eigenvalue weighted by Gasteiger charge is 2.23. The Morgan fingerprint density at radius 3 is 2.54 bits per heavy atom. The Kier molecular flexibility index (Phi) is 7.36. The Morgan fingerprint density at radius 2 is 1.86 bits per heavy atom. The van der Waals surface area contributed by atoms with Gasteiger partial charge in [0.05, 0.1) is 17.1 Å². The van der Waals surface area contributed by atoms with Crippen LogP contribution in [-0.2, 0) is 4.79 Å². The second-order valence-electron chi connectivity index (χ2n) is 6.78. The zero-order chi connectivity index (χ0) is 19.9. The van der Waals surface area contributed by atoms with Crippen molar-refractivity contribution in [2.75, 3.05) is 31.2 Å². The van der Waals surface area contributed by atoms with Gasteiger partial charge in [-0.25, -0.2) is 0 Å². The average Bonchev–Trinajstić information content (AvgIpc) is 2.70. The Morgan fingerprint density at radius 1 is 1.14 bits per heavy atom. The maximum atomic E-state index is 12.6. The van der Waals surface area contributed by atoms with Crippen LogP contribution in [0.3, 0.4) is 0 Å². The number of para-hydroxylation sites is 1. The maximum absolute atomic E-state index is 12.6. The molecule has 0 unspecified atom stereocenters. The highest BCUT2D eigenvalue weighted by Crippen LogP contribution is 2.23. The molecule has 2 N–H and O–H groups in total. The molecule has 1 aliphatic rings. The summed E-state index contributed by atoms with van der Waals surface area (Å²) in [5.41, 5.74) is 1.32. The van der Waals surface area contributed by atoms with Gasteiger partial charge in [0.1, 0.15) is 0 Å². The van der Waals surface area contributed by atoms with E-state index in [2.05, 4.69) is 15.5 Å². The lowest BCUT2D eigenvalue weighted by Gasteiger charge is -2.32. The van der Waals surface area contributed by atoms with Crippen molar-refractivity contribution in [3.63, 3.8) is 0 Å². The summed E-state index contributed by atoms with van der Waals surface area (Å²) >= 11 is 7.77. The van der Waals surface area contributed by atoms with E-state index < -0.39 is 0 Å². The minimum atomic E-state index is -0.138. The van der Waals surface area contributed by atoms with Crippen molar-refractivity contribution in [2.24, 2.45) is 0 Å². The molecule has 2 aromatic rings. The molecule has 3 rings (SSSR count). The summed E-state index contributed by atoms with van der Waals surface area (Å²) in [5.74, 6) is -0.157. The van der Waals surface area contributed by atoms with Gasteiger partial charge < -0.3 is 10.6 Å². The molecule has 5 nitrogen and oxygen atoms in total. The number of hydrogen-bond donors (Lipinski definition) is 2. The van der Waals surface area contributed by atoms with Crippen molar-refractivity contribution in [1.29, 1.82) is 0 Å². The zero-order valence-electron chi connectivity index (χ0n) is 15.8. The third-order valence-electron chi connectivity index (χ3n) is 4.77. The van der Waals surface area contributed by atoms with Crippen LogP contribution in [0.15, 0.2) is 53.4 Å². The summed E-state index contributed by atoms with van der Waals surface area (Å²) in [6.45, 7) is 1.90. The molecule has 0 aliphatic carbocycles. The number of rotatable bonds is 6. The van der Waals surface area contributed by atoms with Gasteiger partial charge in [-0.3, -0.25) is 14.5 Å². The summed E-state index contributed by atoms with van der Waals surface area (Å²) in [6, 6.07) is 15.0. The van der Waals surface area contributed by atoms with Gasteiger partial charge in [0.2, 0.25) is 5.91 Å². The lowest BCUT2D eigenvalue weighted by atomic mass is 10.0. The van der Waals surface area contributed by atoms with E-state index in [4.69, 9.17) is 11.6 Å². The Hall–Kier alpha value is -2.02. The number of anilines is 1. The van der Waals surface area contributed by atoms with E-state index in [0.717, 1.165) is 36.5 Å². The maximum Gasteiger partial charge on any atom is 0.253 e. The number of carbonyl (C=O) groups is 2. The first kappa shape index (κ1) is 20.7. The van der Waals surface area contributed by atoms with Crippen molar-refractivity contribution >= 4 is 40.9 Å². The molecule has 1 saturated heterocycles. The summed E-state index contributed by atoms with van der Waals surface area (Å²) < 4.78 is 0. The van der Waals surface area contributed by atoms with Crippen LogP contribution in [0.4, 0.5) is 5.69 Å². The Labute approximate surface area is 174 Å². The van der Waals surface area contributed by atoms with Crippen molar-refractivity contribution in [3.8, 4) is 0 Å². The third kappa shape index (κ3) is 5.74. The van der Waals surface area contributed by atoms with E-state index in [9.17, 15) is 9.59 Å². The van der Waals surface area contributed by atoms with Gasteiger partial charge in [0.15, 0.2) is 0 Å². The van der Waals surface area contributed by atoms with E-state index in [-0.39, 0.29) is 17.9 Å². The van der Waals surface area contributed by atoms with Gasteiger partial charge in [0, 0.05) is 29.7 Å². The third-order valence-corrected chi connectivity index (χ3v) is 5.82. The van der Waals surface area contributed by atoms with Gasteiger partial charge >= 0.3 is 0 Å². The van der Waals surface area contributed by atoms with Crippen LogP contribution >= 0.6 is 23.4 Å². The molecule has 1 aliphatic heterocycles. The van der Waals surface area contributed by atoms with Crippen LogP contribution in [0.1, 0.15) is 23.2 Å². The summed E-state index contributed by atoms with van der Waals surface area (Å²) in [4.78, 5) is 27.9. The first-order chi connectivity index (χ1) is 13.5. The molecule has 0 atom stereocenters. The standard InChI is InChI=1S/C21H24ClN3O2S/c1-28-17-7-8-19(22)18(13-17)21(27)24-16-9-11-25(12-10-16)14-20(26)23-15-5-3-2-4-6-15/h2-8,13,16H,9-12,14H2,1H3,(H,23,26)(H,24,27). The fraction of sp³-hybridized carbons (Fsp3) is 0.333. The van der Waals surface area contributed by atoms with Gasteiger partial charge in [0.25, 0.3) is 5.91 Å². The molecule has 28 heavy (non-hydrogen) atoms. The number of likely N-dealkylation sites (tertiary alicyclic amines) is 1. The van der Waals surface area contributed by atoms with Crippen LogP contribution in [0.25, 0.3) is 0 Å². The normalized spacial score (nSPS) is 15.2. The smallest absolute Gasteiger partial charge is 0.253 e. The van der Waals surface area contributed by atoms with Crippen molar-refractivity contribution < 1.29 is 9.59 Å². The number of carbonyl (C=O) groups excluding carboxylic acids is 2. The Bertz CT molecular complexity index is 824. The molecule has 2 amide bonds. The lowest BCUT2D eigenvalue weighted by Crippen LogP contribution is -2.46.